The standard InChI is InChI=1S/C22H20N4O6S/c1-10(27)17-19-14(7-12-3-5-13(6-4-12)26(31)32)18(20(22(29)30)25(19)21(17)28)15-9-24-11(2)23-8-16(24)33-15/h3-6,8-10,14,17,19,27H,7H2,1-2H3,(H,29,30)/t10-,14?,17-,19-/m1/s1. The minimum atomic E-state index is -1.20. The number of fused-ring (bicyclic) bond motifs is 2. The van der Waals surface area contributed by atoms with Crippen LogP contribution in [0.4, 0.5) is 5.69 Å². The number of amides is 1. The van der Waals surface area contributed by atoms with Crippen LogP contribution in [0, 0.1) is 28.9 Å². The Kier molecular flexibility index (Phi) is 4.83. The van der Waals surface area contributed by atoms with Gasteiger partial charge in [0, 0.05) is 29.8 Å². The number of carboxylic acids is 1. The summed E-state index contributed by atoms with van der Waals surface area (Å²) in [4.78, 5) is 42.8. The van der Waals surface area contributed by atoms with Gasteiger partial charge < -0.3 is 15.1 Å². The molecule has 4 heterocycles. The maximum absolute atomic E-state index is 12.9. The molecule has 0 radical (unpaired) electrons. The average Bonchev–Trinajstić information content (AvgIpc) is 3.39. The highest BCUT2D eigenvalue weighted by molar-refractivity contribution is 7.18. The molecule has 1 fully saturated rings. The number of imidazole rings is 1. The SMILES string of the molecule is Cc1ncc2sc(C3=C(C(=O)O)N4C(=O)[C@H]([C@@H](C)O)[C@H]4C3Cc3ccc([N+](=O)[O-])cc3)cn12. The number of benzene rings is 1. The van der Waals surface area contributed by atoms with E-state index >= 15 is 0 Å². The van der Waals surface area contributed by atoms with Crippen LogP contribution in [-0.4, -0.2) is 53.4 Å². The fourth-order valence-electron chi connectivity index (χ4n) is 4.98. The van der Waals surface area contributed by atoms with Crippen LogP contribution in [0.25, 0.3) is 10.4 Å². The highest BCUT2D eigenvalue weighted by Crippen LogP contribution is 2.52. The molecule has 3 aromatic rings. The zero-order chi connectivity index (χ0) is 23.6. The third-order valence-corrected chi connectivity index (χ3v) is 7.52. The summed E-state index contributed by atoms with van der Waals surface area (Å²) in [5, 5.41) is 31.4. The number of nitro groups is 1. The lowest BCUT2D eigenvalue weighted by molar-refractivity contribution is -0.384. The number of carboxylic acid groups (broad SMARTS) is 1. The number of hydrogen-bond acceptors (Lipinski definition) is 7. The van der Waals surface area contributed by atoms with Crippen molar-refractivity contribution in [3.05, 3.63) is 68.7 Å². The average molecular weight is 468 g/mol. The van der Waals surface area contributed by atoms with Crippen molar-refractivity contribution in [1.82, 2.24) is 14.3 Å². The Bertz CT molecular complexity index is 1340. The van der Waals surface area contributed by atoms with E-state index in [2.05, 4.69) is 4.98 Å². The smallest absolute Gasteiger partial charge is 0.352 e. The van der Waals surface area contributed by atoms with Crippen molar-refractivity contribution in [3.63, 3.8) is 0 Å². The van der Waals surface area contributed by atoms with Crippen LogP contribution in [0.5, 0.6) is 0 Å². The fraction of sp³-hybridized carbons (Fsp3) is 0.318. The third kappa shape index (κ3) is 3.15. The van der Waals surface area contributed by atoms with Crippen LogP contribution in [0.3, 0.4) is 0 Å². The molecule has 0 aliphatic carbocycles. The summed E-state index contributed by atoms with van der Waals surface area (Å²) in [6.45, 7) is 3.38. The van der Waals surface area contributed by atoms with Gasteiger partial charge in [0.05, 0.1) is 34.1 Å². The summed E-state index contributed by atoms with van der Waals surface area (Å²) < 4.78 is 1.87. The van der Waals surface area contributed by atoms with Crippen LogP contribution in [0.1, 0.15) is 23.2 Å². The Morgan fingerprint density at radius 2 is 2.03 bits per heavy atom. The molecule has 33 heavy (non-hydrogen) atoms. The van der Waals surface area contributed by atoms with E-state index in [1.54, 1.807) is 18.3 Å². The van der Waals surface area contributed by atoms with Gasteiger partial charge in [-0.3, -0.25) is 19.3 Å². The van der Waals surface area contributed by atoms with Gasteiger partial charge in [0.1, 0.15) is 16.4 Å². The van der Waals surface area contributed by atoms with Gasteiger partial charge in [-0.2, -0.15) is 0 Å². The zero-order valence-corrected chi connectivity index (χ0v) is 18.5. The number of carbonyl (C=O) groups excluding carboxylic acids is 1. The number of aliphatic carboxylic acids is 1. The van der Waals surface area contributed by atoms with Crippen LogP contribution in [0.2, 0.25) is 0 Å². The number of aliphatic hydroxyl groups is 1. The van der Waals surface area contributed by atoms with Crippen molar-refractivity contribution in [2.75, 3.05) is 0 Å². The van der Waals surface area contributed by atoms with Crippen LogP contribution < -0.4 is 0 Å². The van der Waals surface area contributed by atoms with Crippen molar-refractivity contribution in [2.45, 2.75) is 32.4 Å². The van der Waals surface area contributed by atoms with Gasteiger partial charge in [-0.25, -0.2) is 9.78 Å². The monoisotopic (exact) mass is 468 g/mol. The zero-order valence-electron chi connectivity index (χ0n) is 17.7. The van der Waals surface area contributed by atoms with E-state index in [0.29, 0.717) is 16.9 Å². The van der Waals surface area contributed by atoms with E-state index in [1.165, 1.54) is 35.3 Å². The Morgan fingerprint density at radius 1 is 1.33 bits per heavy atom. The van der Waals surface area contributed by atoms with Crippen molar-refractivity contribution < 1.29 is 24.7 Å². The second-order valence-electron chi connectivity index (χ2n) is 8.38. The minimum Gasteiger partial charge on any atom is -0.477 e. The molecule has 2 aromatic heterocycles. The first-order valence-electron chi connectivity index (χ1n) is 10.3. The Morgan fingerprint density at radius 3 is 2.61 bits per heavy atom. The molecular formula is C22H20N4O6S. The van der Waals surface area contributed by atoms with E-state index in [1.807, 2.05) is 17.5 Å². The predicted octanol–water partition coefficient (Wildman–Crippen LogP) is 2.49. The molecule has 2 N–H and O–H groups in total. The maximum atomic E-state index is 12.9. The molecule has 170 valence electrons. The van der Waals surface area contributed by atoms with Gasteiger partial charge in [-0.05, 0) is 25.8 Å². The van der Waals surface area contributed by atoms with E-state index in [9.17, 15) is 29.9 Å². The molecular weight excluding hydrogens is 448 g/mol. The molecule has 0 saturated carbocycles. The van der Waals surface area contributed by atoms with Crippen molar-refractivity contribution >= 4 is 39.3 Å². The number of thiazole rings is 1. The number of non-ortho nitro benzene ring substituents is 1. The number of aliphatic hydroxyl groups excluding tert-OH is 1. The number of nitrogens with zero attached hydrogens (tertiary/aromatic N) is 4. The van der Waals surface area contributed by atoms with Crippen LogP contribution in [0.15, 0.2) is 42.4 Å². The quantitative estimate of drug-likeness (QED) is 0.322. The number of rotatable bonds is 6. The van der Waals surface area contributed by atoms with E-state index in [-0.39, 0.29) is 11.4 Å². The van der Waals surface area contributed by atoms with Gasteiger partial charge in [0.25, 0.3) is 5.69 Å². The molecule has 1 aromatic carbocycles. The molecule has 10 nitrogen and oxygen atoms in total. The molecule has 1 unspecified atom stereocenters. The molecule has 1 amide bonds. The van der Waals surface area contributed by atoms with Gasteiger partial charge in [-0.15, -0.1) is 11.3 Å². The molecule has 5 rings (SSSR count). The molecule has 0 bridgehead atoms. The summed E-state index contributed by atoms with van der Waals surface area (Å²) in [6.07, 6.45) is 2.98. The Hall–Kier alpha value is -3.57. The number of aryl methyl sites for hydroxylation is 1. The summed E-state index contributed by atoms with van der Waals surface area (Å²) >= 11 is 1.39. The number of nitro benzene ring substituents is 1. The second-order valence-corrected chi connectivity index (χ2v) is 9.44. The second kappa shape index (κ2) is 7.49. The number of aromatic nitrogens is 2. The minimum absolute atomic E-state index is 0.0363. The maximum Gasteiger partial charge on any atom is 0.352 e. The van der Waals surface area contributed by atoms with E-state index in [0.717, 1.165) is 16.2 Å². The molecule has 2 aliphatic rings. The van der Waals surface area contributed by atoms with Crippen molar-refractivity contribution in [2.24, 2.45) is 11.8 Å². The highest BCUT2D eigenvalue weighted by atomic mass is 32.1. The van der Waals surface area contributed by atoms with Crippen molar-refractivity contribution in [3.8, 4) is 0 Å². The summed E-state index contributed by atoms with van der Waals surface area (Å²) in [5.41, 5.74) is 1.21. The van der Waals surface area contributed by atoms with Crippen LogP contribution in [-0.2, 0) is 16.0 Å². The summed E-state index contributed by atoms with van der Waals surface area (Å²) in [7, 11) is 0. The van der Waals surface area contributed by atoms with Gasteiger partial charge in [0.15, 0.2) is 0 Å². The fourth-order valence-corrected chi connectivity index (χ4v) is 6.11. The number of carbonyl (C=O) groups is 2. The lowest BCUT2D eigenvalue weighted by Crippen LogP contribution is -2.64. The number of β-lactam (4-membered cyclic amide) rings is 1. The van der Waals surface area contributed by atoms with Crippen LogP contribution >= 0.6 is 11.3 Å². The predicted molar refractivity (Wildman–Crippen MR) is 118 cm³/mol. The molecule has 4 atom stereocenters. The largest absolute Gasteiger partial charge is 0.477 e. The number of hydrogen-bond donors (Lipinski definition) is 2. The first-order valence-corrected chi connectivity index (χ1v) is 11.2. The van der Waals surface area contributed by atoms with E-state index < -0.39 is 40.8 Å². The molecule has 11 heteroatoms. The first kappa shape index (κ1) is 21.3. The normalized spacial score (nSPS) is 23.1. The summed E-state index contributed by atoms with van der Waals surface area (Å²) in [5.74, 6) is -1.96. The lowest BCUT2D eigenvalue weighted by atomic mass is 9.74. The highest BCUT2D eigenvalue weighted by Gasteiger charge is 2.61. The third-order valence-electron chi connectivity index (χ3n) is 6.47. The first-order chi connectivity index (χ1) is 15.7. The summed E-state index contributed by atoms with van der Waals surface area (Å²) in [6, 6.07) is 5.60. The lowest BCUT2D eigenvalue weighted by Gasteiger charge is -2.47. The van der Waals surface area contributed by atoms with Gasteiger partial charge in [0.2, 0.25) is 5.91 Å². The molecule has 2 aliphatic heterocycles. The molecule has 1 saturated heterocycles. The molecule has 0 spiro atoms. The van der Waals surface area contributed by atoms with Gasteiger partial charge >= 0.3 is 5.97 Å². The van der Waals surface area contributed by atoms with Crippen molar-refractivity contribution in [1.29, 1.82) is 0 Å². The Labute approximate surface area is 191 Å². The Balaban J connectivity index is 1.63. The van der Waals surface area contributed by atoms with Gasteiger partial charge in [-0.1, -0.05) is 12.1 Å². The topological polar surface area (TPSA) is 138 Å². The van der Waals surface area contributed by atoms with E-state index in [4.69, 9.17) is 0 Å².